The van der Waals surface area contributed by atoms with Gasteiger partial charge in [-0.05, 0) is 60.9 Å². The Balaban J connectivity index is 1.56. The summed E-state index contributed by atoms with van der Waals surface area (Å²) in [6, 6.07) is 20.7. The molecule has 0 radical (unpaired) electrons. The van der Waals surface area contributed by atoms with Gasteiger partial charge < -0.3 is 10.1 Å². The van der Waals surface area contributed by atoms with Crippen LogP contribution in [0.25, 0.3) is 22.4 Å². The first-order chi connectivity index (χ1) is 17.5. The highest BCUT2D eigenvalue weighted by Crippen LogP contribution is 2.28. The van der Waals surface area contributed by atoms with Crippen molar-refractivity contribution in [1.29, 1.82) is 0 Å². The monoisotopic (exact) mass is 499 g/mol. The number of carbonyl (C=O) groups is 1. The van der Waals surface area contributed by atoms with Crippen LogP contribution in [0.2, 0.25) is 0 Å². The number of anilines is 1. The minimum Gasteiger partial charge on any atom is -0.495 e. The molecule has 0 saturated heterocycles. The highest BCUT2D eigenvalue weighted by atomic mass is 32.2. The van der Waals surface area contributed by atoms with Crippen LogP contribution in [0.15, 0.2) is 76.7 Å². The molecule has 0 unspecified atom stereocenters. The second-order valence-electron chi connectivity index (χ2n) is 8.34. The first-order valence-electron chi connectivity index (χ1n) is 11.6. The molecule has 0 saturated carbocycles. The lowest BCUT2D eigenvalue weighted by molar-refractivity contribution is -0.113. The molecular formula is C27H25N5O3S. The molecule has 0 bridgehead atoms. The number of nitrogens with zero attached hydrogens (tertiary/aromatic N) is 4. The Morgan fingerprint density at radius 2 is 1.89 bits per heavy atom. The van der Waals surface area contributed by atoms with E-state index < -0.39 is 0 Å². The minimum atomic E-state index is -0.223. The van der Waals surface area contributed by atoms with Gasteiger partial charge in [-0.25, -0.2) is 4.57 Å². The Kier molecular flexibility index (Phi) is 6.47. The number of aryl methyl sites for hydroxylation is 2. The summed E-state index contributed by atoms with van der Waals surface area (Å²) in [6.45, 7) is 4.02. The summed E-state index contributed by atoms with van der Waals surface area (Å²) in [5.41, 5.74) is 3.91. The molecule has 8 nitrogen and oxygen atoms in total. The van der Waals surface area contributed by atoms with Gasteiger partial charge in [0.05, 0.1) is 29.5 Å². The molecule has 2 aromatic heterocycles. The van der Waals surface area contributed by atoms with Gasteiger partial charge in [0.2, 0.25) is 11.7 Å². The van der Waals surface area contributed by atoms with Crippen LogP contribution >= 0.6 is 11.8 Å². The fraction of sp³-hybridized carbons (Fsp3) is 0.185. The molecule has 0 spiro atoms. The summed E-state index contributed by atoms with van der Waals surface area (Å²) < 4.78 is 8.88. The second kappa shape index (κ2) is 9.87. The maximum Gasteiger partial charge on any atom is 0.267 e. The number of fused-ring (bicyclic) bond motifs is 3. The van der Waals surface area contributed by atoms with Gasteiger partial charge in [0.25, 0.3) is 5.56 Å². The number of thioether (sulfide) groups is 1. The normalized spacial score (nSPS) is 11.2. The number of benzene rings is 3. The van der Waals surface area contributed by atoms with Gasteiger partial charge in [0.1, 0.15) is 5.75 Å². The van der Waals surface area contributed by atoms with Crippen molar-refractivity contribution in [2.45, 2.75) is 25.4 Å². The number of nitrogens with one attached hydrogen (secondary N) is 1. The number of para-hydroxylation sites is 1. The number of methoxy groups -OCH3 is 1. The van der Waals surface area contributed by atoms with E-state index in [9.17, 15) is 9.59 Å². The summed E-state index contributed by atoms with van der Waals surface area (Å²) in [4.78, 5) is 26.3. The largest absolute Gasteiger partial charge is 0.495 e. The first-order valence-corrected chi connectivity index (χ1v) is 12.5. The van der Waals surface area contributed by atoms with Gasteiger partial charge >= 0.3 is 0 Å². The maximum absolute atomic E-state index is 13.6. The minimum absolute atomic E-state index is 0.137. The van der Waals surface area contributed by atoms with E-state index in [1.54, 1.807) is 13.2 Å². The molecule has 0 aliphatic rings. The molecule has 36 heavy (non-hydrogen) atoms. The Morgan fingerprint density at radius 3 is 2.69 bits per heavy atom. The van der Waals surface area contributed by atoms with Gasteiger partial charge in [-0.2, -0.15) is 0 Å². The van der Waals surface area contributed by atoms with Crippen molar-refractivity contribution < 1.29 is 9.53 Å². The summed E-state index contributed by atoms with van der Waals surface area (Å²) in [6.07, 6.45) is 0.894. The Bertz CT molecular complexity index is 1660. The number of hydrogen-bond acceptors (Lipinski definition) is 6. The fourth-order valence-electron chi connectivity index (χ4n) is 4.16. The van der Waals surface area contributed by atoms with E-state index in [1.165, 1.54) is 16.3 Å². The third-order valence-corrected chi connectivity index (χ3v) is 6.85. The molecule has 0 aliphatic carbocycles. The Labute approximate surface area is 211 Å². The summed E-state index contributed by atoms with van der Waals surface area (Å²) in [5, 5.41) is 12.7. The van der Waals surface area contributed by atoms with Crippen molar-refractivity contribution in [1.82, 2.24) is 19.2 Å². The smallest absolute Gasteiger partial charge is 0.267 e. The predicted octanol–water partition coefficient (Wildman–Crippen LogP) is 4.64. The number of ether oxygens (including phenoxy) is 1. The summed E-state index contributed by atoms with van der Waals surface area (Å²) in [7, 11) is 1.57. The van der Waals surface area contributed by atoms with Crippen molar-refractivity contribution in [3.8, 4) is 11.4 Å². The number of amides is 1. The lowest BCUT2D eigenvalue weighted by atomic mass is 10.1. The number of rotatable bonds is 7. The predicted molar refractivity (Wildman–Crippen MR) is 143 cm³/mol. The molecule has 1 N–H and O–H groups in total. The topological polar surface area (TPSA) is 90.5 Å². The third kappa shape index (κ3) is 4.33. The SMILES string of the molecule is CCc1cccc(NC(=O)CSc2nnc3n(-c4cc(C)ccc4OC)c(=O)c4ccccc4n23)c1. The summed E-state index contributed by atoms with van der Waals surface area (Å²) >= 11 is 1.26. The standard InChI is InChI=1S/C27H25N5O3S/c1-4-18-8-7-9-19(15-18)28-24(33)16-36-27-30-29-26-31(22-14-17(2)12-13-23(22)35-3)25(34)20-10-5-6-11-21(20)32(26)27/h5-15H,4,16H2,1-3H3,(H,28,33). The third-order valence-electron chi connectivity index (χ3n) is 5.92. The van der Waals surface area contributed by atoms with Gasteiger partial charge in [-0.15, -0.1) is 10.2 Å². The van der Waals surface area contributed by atoms with Gasteiger partial charge in [0.15, 0.2) is 5.16 Å². The zero-order valence-corrected chi connectivity index (χ0v) is 21.0. The average molecular weight is 500 g/mol. The van der Waals surface area contributed by atoms with Crippen LogP contribution in [-0.2, 0) is 11.2 Å². The van der Waals surface area contributed by atoms with E-state index in [2.05, 4.69) is 22.4 Å². The Hall–Kier alpha value is -4.11. The molecule has 2 heterocycles. The van der Waals surface area contributed by atoms with Crippen molar-refractivity contribution in [3.63, 3.8) is 0 Å². The van der Waals surface area contributed by atoms with E-state index in [0.717, 1.165) is 23.2 Å². The van der Waals surface area contributed by atoms with E-state index in [0.29, 0.717) is 33.3 Å². The zero-order chi connectivity index (χ0) is 25.2. The molecule has 3 aromatic carbocycles. The fourth-order valence-corrected chi connectivity index (χ4v) is 4.90. The molecule has 1 amide bonds. The molecule has 0 atom stereocenters. The molecule has 9 heteroatoms. The van der Waals surface area contributed by atoms with E-state index in [4.69, 9.17) is 4.74 Å². The summed E-state index contributed by atoms with van der Waals surface area (Å²) in [5.74, 6) is 0.883. The van der Waals surface area contributed by atoms with Crippen LogP contribution in [0, 0.1) is 6.92 Å². The van der Waals surface area contributed by atoms with Crippen LogP contribution < -0.4 is 15.6 Å². The van der Waals surface area contributed by atoms with Crippen LogP contribution in [0.3, 0.4) is 0 Å². The molecule has 0 aliphatic heterocycles. The quantitative estimate of drug-likeness (QED) is 0.328. The highest BCUT2D eigenvalue weighted by molar-refractivity contribution is 7.99. The Morgan fingerprint density at radius 1 is 1.06 bits per heavy atom. The second-order valence-corrected chi connectivity index (χ2v) is 9.28. The first kappa shape index (κ1) is 23.6. The van der Waals surface area contributed by atoms with Crippen LogP contribution in [0.4, 0.5) is 5.69 Å². The van der Waals surface area contributed by atoms with Crippen molar-refractivity contribution >= 4 is 40.0 Å². The van der Waals surface area contributed by atoms with Crippen molar-refractivity contribution in [2.24, 2.45) is 0 Å². The lowest BCUT2D eigenvalue weighted by Gasteiger charge is -2.14. The highest BCUT2D eigenvalue weighted by Gasteiger charge is 2.20. The average Bonchev–Trinajstić information content (AvgIpc) is 3.31. The maximum atomic E-state index is 13.6. The molecule has 182 valence electrons. The molecule has 0 fully saturated rings. The van der Waals surface area contributed by atoms with E-state index >= 15 is 0 Å². The number of hydrogen-bond donors (Lipinski definition) is 1. The van der Waals surface area contributed by atoms with Gasteiger partial charge in [-0.3, -0.25) is 14.0 Å². The van der Waals surface area contributed by atoms with E-state index in [-0.39, 0.29) is 17.2 Å². The van der Waals surface area contributed by atoms with Crippen molar-refractivity contribution in [2.75, 3.05) is 18.2 Å². The lowest BCUT2D eigenvalue weighted by Crippen LogP contribution is -2.22. The van der Waals surface area contributed by atoms with Crippen LogP contribution in [0.5, 0.6) is 5.75 Å². The van der Waals surface area contributed by atoms with Gasteiger partial charge in [-0.1, -0.05) is 49.0 Å². The zero-order valence-electron chi connectivity index (χ0n) is 20.2. The molecule has 5 aromatic rings. The van der Waals surface area contributed by atoms with Crippen LogP contribution in [0.1, 0.15) is 18.1 Å². The number of aromatic nitrogens is 4. The molecule has 5 rings (SSSR count). The van der Waals surface area contributed by atoms with E-state index in [1.807, 2.05) is 72.0 Å². The van der Waals surface area contributed by atoms with Crippen LogP contribution in [-0.4, -0.2) is 37.9 Å². The van der Waals surface area contributed by atoms with Gasteiger partial charge in [0, 0.05) is 5.69 Å². The molecular weight excluding hydrogens is 474 g/mol. The number of carbonyl (C=O) groups excluding carboxylic acids is 1. The van der Waals surface area contributed by atoms with Crippen molar-refractivity contribution in [3.05, 3.63) is 88.2 Å².